The fraction of sp³-hybridized carbons (Fsp3) is 0.333. The van der Waals surface area contributed by atoms with E-state index in [0.717, 1.165) is 30.1 Å². The Kier molecular flexibility index (Phi) is 6.56. The minimum atomic E-state index is 0. The molecule has 0 aliphatic heterocycles. The highest BCUT2D eigenvalue weighted by molar-refractivity contribution is 6.31. The molecule has 0 spiro atoms. The van der Waals surface area contributed by atoms with Gasteiger partial charge in [-0.15, -0.1) is 12.4 Å². The Balaban J connectivity index is 0.00000225. The van der Waals surface area contributed by atoms with Gasteiger partial charge in [0.1, 0.15) is 0 Å². The fourth-order valence-electron chi connectivity index (χ4n) is 2.86. The summed E-state index contributed by atoms with van der Waals surface area (Å²) >= 11 is 6.35. The lowest BCUT2D eigenvalue weighted by molar-refractivity contribution is 0.375. The number of fused-ring (bicyclic) bond motifs is 1. The maximum Gasteiger partial charge on any atom is 0.0491 e. The summed E-state index contributed by atoms with van der Waals surface area (Å²) in [6.07, 6.45) is 3.36. The van der Waals surface area contributed by atoms with Crippen molar-refractivity contribution in [1.82, 2.24) is 9.88 Å². The van der Waals surface area contributed by atoms with Crippen molar-refractivity contribution >= 4 is 34.9 Å². The zero-order valence-corrected chi connectivity index (χ0v) is 16.6. The molecule has 3 aromatic rings. The van der Waals surface area contributed by atoms with Crippen LogP contribution in [0.15, 0.2) is 54.7 Å². The van der Waals surface area contributed by atoms with Crippen molar-refractivity contribution < 1.29 is 0 Å². The molecule has 0 amide bonds. The van der Waals surface area contributed by atoms with Crippen LogP contribution in [0.2, 0.25) is 5.02 Å². The molecule has 1 heterocycles. The van der Waals surface area contributed by atoms with E-state index < -0.39 is 0 Å². The molecule has 0 saturated heterocycles. The first-order valence-corrected chi connectivity index (χ1v) is 8.93. The number of hydrogen-bond acceptors (Lipinski definition) is 1. The van der Waals surface area contributed by atoms with Gasteiger partial charge in [0.05, 0.1) is 0 Å². The zero-order valence-electron chi connectivity index (χ0n) is 15.1. The predicted octanol–water partition coefficient (Wildman–Crippen LogP) is 6.04. The summed E-state index contributed by atoms with van der Waals surface area (Å²) in [7, 11) is 0. The molecule has 1 N–H and O–H groups in total. The summed E-state index contributed by atoms with van der Waals surface area (Å²) in [6, 6.07) is 16.6. The van der Waals surface area contributed by atoms with E-state index in [0.29, 0.717) is 0 Å². The minimum absolute atomic E-state index is 0. The van der Waals surface area contributed by atoms with E-state index in [2.05, 4.69) is 67.2 Å². The van der Waals surface area contributed by atoms with Crippen LogP contribution in [0, 0.1) is 0 Å². The summed E-state index contributed by atoms with van der Waals surface area (Å²) in [5, 5.41) is 5.80. The molecule has 2 aromatic carbocycles. The Morgan fingerprint density at radius 3 is 2.40 bits per heavy atom. The highest BCUT2D eigenvalue weighted by atomic mass is 35.5. The summed E-state index contributed by atoms with van der Waals surface area (Å²) in [5.41, 5.74) is 3.88. The number of nitrogens with one attached hydrogen (secondary N) is 1. The van der Waals surface area contributed by atoms with Crippen LogP contribution in [0.4, 0.5) is 0 Å². The van der Waals surface area contributed by atoms with Gasteiger partial charge >= 0.3 is 0 Å². The van der Waals surface area contributed by atoms with Crippen LogP contribution in [-0.4, -0.2) is 10.1 Å². The molecule has 0 aliphatic carbocycles. The third-order valence-electron chi connectivity index (χ3n) is 4.81. The van der Waals surface area contributed by atoms with E-state index >= 15 is 0 Å². The molecule has 134 valence electrons. The lowest BCUT2D eigenvalue weighted by atomic mass is 10.0. The van der Waals surface area contributed by atoms with Crippen molar-refractivity contribution in [3.63, 3.8) is 0 Å². The second kappa shape index (κ2) is 8.27. The minimum Gasteiger partial charge on any atom is -0.343 e. The van der Waals surface area contributed by atoms with E-state index in [1.165, 1.54) is 16.5 Å². The van der Waals surface area contributed by atoms with Crippen LogP contribution in [0.3, 0.4) is 0 Å². The zero-order chi connectivity index (χ0) is 17.2. The van der Waals surface area contributed by atoms with Gasteiger partial charge in [0, 0.05) is 40.8 Å². The number of halogens is 2. The molecule has 25 heavy (non-hydrogen) atoms. The number of nitrogens with zero attached hydrogens (tertiary/aromatic N) is 1. The highest BCUT2D eigenvalue weighted by Crippen LogP contribution is 2.25. The Bertz CT molecular complexity index is 837. The van der Waals surface area contributed by atoms with E-state index in [-0.39, 0.29) is 17.9 Å². The number of hydrogen-bond donors (Lipinski definition) is 1. The number of aromatic nitrogens is 1. The van der Waals surface area contributed by atoms with Gasteiger partial charge in [-0.05, 0) is 43.5 Å². The first-order chi connectivity index (χ1) is 11.5. The normalized spacial score (nSPS) is 11.5. The maximum atomic E-state index is 6.35. The predicted molar refractivity (Wildman–Crippen MR) is 111 cm³/mol. The highest BCUT2D eigenvalue weighted by Gasteiger charge is 2.16. The Labute approximate surface area is 161 Å². The van der Waals surface area contributed by atoms with Crippen LogP contribution in [0.5, 0.6) is 0 Å². The van der Waals surface area contributed by atoms with Crippen molar-refractivity contribution in [2.45, 2.75) is 45.8 Å². The summed E-state index contributed by atoms with van der Waals surface area (Å²) in [5.74, 6) is 0. The average Bonchev–Trinajstić information content (AvgIpc) is 2.93. The summed E-state index contributed by atoms with van der Waals surface area (Å²) in [4.78, 5) is 0. The van der Waals surface area contributed by atoms with Gasteiger partial charge in [0.15, 0.2) is 0 Å². The second-order valence-electron chi connectivity index (χ2n) is 6.98. The van der Waals surface area contributed by atoms with Crippen LogP contribution in [0.1, 0.15) is 38.3 Å². The third-order valence-corrected chi connectivity index (χ3v) is 5.18. The van der Waals surface area contributed by atoms with Crippen molar-refractivity contribution in [3.8, 4) is 0 Å². The molecular formula is C21H26Cl2N2. The SMILES string of the molecule is CCC(C)(C)NCc1cn(Cc2ccccc2Cl)c2ccccc12.Cl. The average molecular weight is 377 g/mol. The van der Waals surface area contributed by atoms with Crippen molar-refractivity contribution in [2.75, 3.05) is 0 Å². The van der Waals surface area contributed by atoms with Crippen LogP contribution in [0.25, 0.3) is 10.9 Å². The standard InChI is InChI=1S/C21H25ClN2.ClH/c1-4-21(2,3)23-13-17-15-24(20-12-8-6-10-18(17)20)14-16-9-5-7-11-19(16)22;/h5-12,15,23H,4,13-14H2,1-3H3;1H. The molecule has 2 nitrogen and oxygen atoms in total. The molecule has 0 saturated carbocycles. The number of benzene rings is 2. The Morgan fingerprint density at radius 2 is 1.68 bits per heavy atom. The molecule has 0 atom stereocenters. The number of rotatable bonds is 6. The van der Waals surface area contributed by atoms with Crippen LogP contribution in [-0.2, 0) is 13.1 Å². The molecular weight excluding hydrogens is 351 g/mol. The van der Waals surface area contributed by atoms with Gasteiger partial charge in [-0.25, -0.2) is 0 Å². The third kappa shape index (κ3) is 4.58. The van der Waals surface area contributed by atoms with E-state index in [1.54, 1.807) is 0 Å². The maximum absolute atomic E-state index is 6.35. The first kappa shape index (κ1) is 19.8. The smallest absolute Gasteiger partial charge is 0.0491 e. The Hall–Kier alpha value is -1.48. The summed E-state index contributed by atoms with van der Waals surface area (Å²) in [6.45, 7) is 8.37. The van der Waals surface area contributed by atoms with Gasteiger partial charge in [0.2, 0.25) is 0 Å². The molecule has 1 aromatic heterocycles. The molecule has 4 heteroatoms. The largest absolute Gasteiger partial charge is 0.343 e. The lowest BCUT2D eigenvalue weighted by Crippen LogP contribution is -2.37. The van der Waals surface area contributed by atoms with Crippen LogP contribution >= 0.6 is 24.0 Å². The van der Waals surface area contributed by atoms with Gasteiger partial charge in [-0.3, -0.25) is 0 Å². The molecule has 3 rings (SSSR count). The van der Waals surface area contributed by atoms with E-state index in [9.17, 15) is 0 Å². The monoisotopic (exact) mass is 376 g/mol. The fourth-order valence-corrected chi connectivity index (χ4v) is 3.06. The molecule has 0 radical (unpaired) electrons. The second-order valence-corrected chi connectivity index (χ2v) is 7.39. The first-order valence-electron chi connectivity index (χ1n) is 8.55. The molecule has 0 unspecified atom stereocenters. The van der Waals surface area contributed by atoms with Crippen molar-refractivity contribution in [3.05, 3.63) is 70.9 Å². The van der Waals surface area contributed by atoms with Gasteiger partial charge in [-0.2, -0.15) is 0 Å². The van der Waals surface area contributed by atoms with E-state index in [1.807, 2.05) is 18.2 Å². The Morgan fingerprint density at radius 1 is 1.00 bits per heavy atom. The van der Waals surface area contributed by atoms with Gasteiger partial charge in [-0.1, -0.05) is 54.9 Å². The van der Waals surface area contributed by atoms with Crippen molar-refractivity contribution in [2.24, 2.45) is 0 Å². The summed E-state index contributed by atoms with van der Waals surface area (Å²) < 4.78 is 2.30. The molecule has 0 aliphatic rings. The lowest BCUT2D eigenvalue weighted by Gasteiger charge is -2.24. The van der Waals surface area contributed by atoms with Crippen molar-refractivity contribution in [1.29, 1.82) is 0 Å². The van der Waals surface area contributed by atoms with Gasteiger partial charge < -0.3 is 9.88 Å². The quantitative estimate of drug-likeness (QED) is 0.554. The van der Waals surface area contributed by atoms with E-state index in [4.69, 9.17) is 11.6 Å². The topological polar surface area (TPSA) is 17.0 Å². The molecule has 0 bridgehead atoms. The van der Waals surface area contributed by atoms with Crippen LogP contribution < -0.4 is 5.32 Å². The molecule has 0 fully saturated rings. The van der Waals surface area contributed by atoms with Gasteiger partial charge in [0.25, 0.3) is 0 Å². The number of para-hydroxylation sites is 1.